The Kier molecular flexibility index (Phi) is 3.31. The molecule has 100 valence electrons. The second-order valence-corrected chi connectivity index (χ2v) is 6.98. The van der Waals surface area contributed by atoms with Crippen molar-refractivity contribution in [3.05, 3.63) is 34.4 Å². The molecule has 0 saturated heterocycles. The van der Waals surface area contributed by atoms with E-state index in [1.807, 2.05) is 0 Å². The minimum Gasteiger partial charge on any atom is -0.385 e. The van der Waals surface area contributed by atoms with Crippen LogP contribution in [0.4, 0.5) is 0 Å². The van der Waals surface area contributed by atoms with Crippen molar-refractivity contribution in [1.82, 2.24) is 0 Å². The van der Waals surface area contributed by atoms with Crippen LogP contribution in [0.5, 0.6) is 0 Å². The predicted octanol–water partition coefficient (Wildman–Crippen LogP) is 4.40. The fourth-order valence-corrected chi connectivity index (χ4v) is 3.52. The summed E-state index contributed by atoms with van der Waals surface area (Å²) in [4.78, 5) is 0. The van der Waals surface area contributed by atoms with E-state index in [0.29, 0.717) is 0 Å². The molecule has 0 aliphatic heterocycles. The van der Waals surface area contributed by atoms with E-state index in [2.05, 4.69) is 46.8 Å². The summed E-state index contributed by atoms with van der Waals surface area (Å²) in [7, 11) is 0. The quantitative estimate of drug-likeness (QED) is 0.778. The van der Waals surface area contributed by atoms with Gasteiger partial charge < -0.3 is 5.11 Å². The Morgan fingerprint density at radius 2 is 1.56 bits per heavy atom. The molecule has 1 aromatic rings. The lowest BCUT2D eigenvalue weighted by atomic mass is 9.66. The zero-order chi connectivity index (χ0) is 13.6. The van der Waals surface area contributed by atoms with Gasteiger partial charge in [0.25, 0.3) is 0 Å². The standard InChI is InChI=1S/C17H26O/c1-12-9-14(3)15(10-13(12)2)17(18)8-6-7-16(4,5)11-17/h9-10,18H,6-8,11H2,1-5H3. The number of aryl methyl sites for hydroxylation is 3. The molecule has 18 heavy (non-hydrogen) atoms. The molecular weight excluding hydrogens is 220 g/mol. The molecule has 1 unspecified atom stereocenters. The van der Waals surface area contributed by atoms with Gasteiger partial charge in [0.05, 0.1) is 5.60 Å². The second-order valence-electron chi connectivity index (χ2n) is 6.98. The van der Waals surface area contributed by atoms with Gasteiger partial charge >= 0.3 is 0 Å². The highest BCUT2D eigenvalue weighted by molar-refractivity contribution is 5.40. The third-order valence-electron chi connectivity index (χ3n) is 4.56. The Hall–Kier alpha value is -0.820. The maximum Gasteiger partial charge on any atom is 0.0904 e. The first-order valence-electron chi connectivity index (χ1n) is 7.04. The van der Waals surface area contributed by atoms with Gasteiger partial charge in [-0.05, 0) is 74.1 Å². The van der Waals surface area contributed by atoms with Crippen LogP contribution in [0.1, 0.15) is 61.8 Å². The number of hydrogen-bond donors (Lipinski definition) is 1. The van der Waals surface area contributed by atoms with E-state index in [4.69, 9.17) is 0 Å². The second kappa shape index (κ2) is 4.38. The van der Waals surface area contributed by atoms with Crippen LogP contribution in [-0.4, -0.2) is 5.11 Å². The van der Waals surface area contributed by atoms with E-state index in [0.717, 1.165) is 24.8 Å². The predicted molar refractivity (Wildman–Crippen MR) is 76.8 cm³/mol. The fraction of sp³-hybridized carbons (Fsp3) is 0.647. The molecular formula is C17H26O. The molecule has 1 fully saturated rings. The summed E-state index contributed by atoms with van der Waals surface area (Å²) in [6.45, 7) is 10.9. The summed E-state index contributed by atoms with van der Waals surface area (Å²) in [5.41, 5.74) is 4.61. The molecule has 0 radical (unpaired) electrons. The smallest absolute Gasteiger partial charge is 0.0904 e. The van der Waals surface area contributed by atoms with Gasteiger partial charge in [0, 0.05) is 0 Å². The van der Waals surface area contributed by atoms with E-state index in [9.17, 15) is 5.11 Å². The monoisotopic (exact) mass is 246 g/mol. The average Bonchev–Trinajstić information content (AvgIpc) is 2.21. The van der Waals surface area contributed by atoms with Crippen LogP contribution in [0.25, 0.3) is 0 Å². The van der Waals surface area contributed by atoms with Gasteiger partial charge in [-0.2, -0.15) is 0 Å². The Labute approximate surface area is 111 Å². The van der Waals surface area contributed by atoms with Gasteiger partial charge in [-0.15, -0.1) is 0 Å². The SMILES string of the molecule is Cc1cc(C)c(C2(O)CCCC(C)(C)C2)cc1C. The number of benzene rings is 1. The molecule has 1 saturated carbocycles. The highest BCUT2D eigenvalue weighted by Gasteiger charge is 2.40. The fourth-order valence-electron chi connectivity index (χ4n) is 3.52. The summed E-state index contributed by atoms with van der Waals surface area (Å²) in [5.74, 6) is 0. The largest absolute Gasteiger partial charge is 0.385 e. The van der Waals surface area contributed by atoms with Gasteiger partial charge in [0.1, 0.15) is 0 Å². The molecule has 1 atom stereocenters. The Morgan fingerprint density at radius 3 is 2.17 bits per heavy atom. The van der Waals surface area contributed by atoms with Crippen LogP contribution in [0.2, 0.25) is 0 Å². The Morgan fingerprint density at radius 1 is 0.944 bits per heavy atom. The summed E-state index contributed by atoms with van der Waals surface area (Å²) in [5, 5.41) is 11.1. The van der Waals surface area contributed by atoms with Crippen LogP contribution in [0, 0.1) is 26.2 Å². The first-order chi connectivity index (χ1) is 8.23. The molecule has 0 bridgehead atoms. The lowest BCUT2D eigenvalue weighted by Crippen LogP contribution is -2.37. The van der Waals surface area contributed by atoms with Crippen molar-refractivity contribution in [2.45, 2.75) is 65.9 Å². The zero-order valence-electron chi connectivity index (χ0n) is 12.4. The van der Waals surface area contributed by atoms with Crippen molar-refractivity contribution < 1.29 is 5.11 Å². The minimum atomic E-state index is -0.621. The van der Waals surface area contributed by atoms with Crippen LogP contribution in [0.3, 0.4) is 0 Å². The molecule has 1 nitrogen and oxygen atoms in total. The molecule has 1 heteroatoms. The highest BCUT2D eigenvalue weighted by Crippen LogP contribution is 2.47. The van der Waals surface area contributed by atoms with Crippen molar-refractivity contribution >= 4 is 0 Å². The van der Waals surface area contributed by atoms with Crippen molar-refractivity contribution in [3.63, 3.8) is 0 Å². The normalized spacial score (nSPS) is 27.2. The molecule has 1 aliphatic rings. The lowest BCUT2D eigenvalue weighted by molar-refractivity contribution is -0.0445. The maximum absolute atomic E-state index is 11.1. The number of hydrogen-bond acceptors (Lipinski definition) is 1. The third kappa shape index (κ3) is 2.47. The number of rotatable bonds is 1. The first kappa shape index (κ1) is 13.6. The molecule has 0 aromatic heterocycles. The zero-order valence-corrected chi connectivity index (χ0v) is 12.4. The summed E-state index contributed by atoms with van der Waals surface area (Å²) in [6, 6.07) is 4.41. The first-order valence-corrected chi connectivity index (χ1v) is 7.04. The lowest BCUT2D eigenvalue weighted by Gasteiger charge is -2.42. The number of aliphatic hydroxyl groups is 1. The van der Waals surface area contributed by atoms with Gasteiger partial charge in [-0.1, -0.05) is 26.0 Å². The summed E-state index contributed by atoms with van der Waals surface area (Å²) >= 11 is 0. The molecule has 2 rings (SSSR count). The van der Waals surface area contributed by atoms with Crippen LogP contribution in [-0.2, 0) is 5.60 Å². The molecule has 0 amide bonds. The van der Waals surface area contributed by atoms with Crippen molar-refractivity contribution in [2.75, 3.05) is 0 Å². The topological polar surface area (TPSA) is 20.2 Å². The van der Waals surface area contributed by atoms with Crippen LogP contribution < -0.4 is 0 Å². The summed E-state index contributed by atoms with van der Waals surface area (Å²) < 4.78 is 0. The van der Waals surface area contributed by atoms with Crippen LogP contribution >= 0.6 is 0 Å². The maximum atomic E-state index is 11.1. The van der Waals surface area contributed by atoms with Gasteiger partial charge in [0.2, 0.25) is 0 Å². The van der Waals surface area contributed by atoms with Crippen molar-refractivity contribution in [1.29, 1.82) is 0 Å². The van der Waals surface area contributed by atoms with E-state index < -0.39 is 5.60 Å². The van der Waals surface area contributed by atoms with Crippen molar-refractivity contribution in [3.8, 4) is 0 Å². The summed E-state index contributed by atoms with van der Waals surface area (Å²) in [6.07, 6.45) is 4.12. The third-order valence-corrected chi connectivity index (χ3v) is 4.56. The van der Waals surface area contributed by atoms with E-state index in [1.54, 1.807) is 0 Å². The molecule has 1 aliphatic carbocycles. The molecule has 1 N–H and O–H groups in total. The molecule has 0 spiro atoms. The minimum absolute atomic E-state index is 0.248. The Balaban J connectivity index is 2.44. The van der Waals surface area contributed by atoms with Crippen LogP contribution in [0.15, 0.2) is 12.1 Å². The highest BCUT2D eigenvalue weighted by atomic mass is 16.3. The Bertz CT molecular complexity index is 459. The molecule has 1 aromatic carbocycles. The van der Waals surface area contributed by atoms with Gasteiger partial charge in [-0.25, -0.2) is 0 Å². The van der Waals surface area contributed by atoms with Crippen molar-refractivity contribution in [2.24, 2.45) is 5.41 Å². The van der Waals surface area contributed by atoms with E-state index in [1.165, 1.54) is 23.1 Å². The molecule has 0 heterocycles. The van der Waals surface area contributed by atoms with E-state index in [-0.39, 0.29) is 5.41 Å². The van der Waals surface area contributed by atoms with E-state index >= 15 is 0 Å². The average molecular weight is 246 g/mol. The van der Waals surface area contributed by atoms with Gasteiger partial charge in [-0.3, -0.25) is 0 Å². The van der Waals surface area contributed by atoms with Gasteiger partial charge in [0.15, 0.2) is 0 Å².